The number of hydrogen-bond acceptors (Lipinski definition) is 8. The van der Waals surface area contributed by atoms with Gasteiger partial charge in [0.1, 0.15) is 11.3 Å². The number of amides is 1. The zero-order valence-corrected chi connectivity index (χ0v) is 21.4. The Bertz CT molecular complexity index is 1110. The van der Waals surface area contributed by atoms with Crippen molar-refractivity contribution in [3.8, 4) is 17.2 Å². The van der Waals surface area contributed by atoms with Crippen LogP contribution in [0, 0.1) is 0 Å². The highest BCUT2D eigenvalue weighted by Crippen LogP contribution is 2.38. The van der Waals surface area contributed by atoms with Crippen LogP contribution in [0.4, 0.5) is 5.13 Å². The maximum Gasteiger partial charge on any atom is 0.266 e. The number of thiazole rings is 1. The molecular weight excluding hydrogens is 501 g/mol. The number of methoxy groups -OCH3 is 2. The third-order valence-electron chi connectivity index (χ3n) is 5.36. The Morgan fingerprint density at radius 3 is 2.53 bits per heavy atom. The molecule has 2 heterocycles. The molecule has 0 saturated carbocycles. The first kappa shape index (κ1) is 26.3. The van der Waals surface area contributed by atoms with E-state index >= 15 is 0 Å². The number of aromatic nitrogens is 1. The fourth-order valence-electron chi connectivity index (χ4n) is 3.57. The number of nitrogens with zero attached hydrogens (tertiary/aromatic N) is 3. The minimum Gasteiger partial charge on any atom is -0.494 e. The van der Waals surface area contributed by atoms with E-state index in [-0.39, 0.29) is 24.9 Å². The Hall–Kier alpha value is -2.30. The molecule has 1 saturated heterocycles. The summed E-state index contributed by atoms with van der Waals surface area (Å²) in [4.78, 5) is 22.0. The molecule has 2 aromatic carbocycles. The Labute approximate surface area is 213 Å². The first-order chi connectivity index (χ1) is 16.1. The molecule has 8 nitrogen and oxygen atoms in total. The molecule has 0 atom stereocenters. The van der Waals surface area contributed by atoms with Crippen molar-refractivity contribution in [3.63, 3.8) is 0 Å². The van der Waals surface area contributed by atoms with Crippen LogP contribution in [0.2, 0.25) is 5.02 Å². The molecule has 0 unspecified atom stereocenters. The average Bonchev–Trinajstić information content (AvgIpc) is 3.30. The number of morpholine rings is 1. The first-order valence-electron chi connectivity index (χ1n) is 10.6. The van der Waals surface area contributed by atoms with Crippen LogP contribution in [0.25, 0.3) is 10.2 Å². The van der Waals surface area contributed by atoms with Gasteiger partial charge in [0.15, 0.2) is 23.2 Å². The smallest absolute Gasteiger partial charge is 0.266 e. The van der Waals surface area contributed by atoms with E-state index < -0.39 is 0 Å². The summed E-state index contributed by atoms with van der Waals surface area (Å²) in [5.74, 6) is 1.49. The summed E-state index contributed by atoms with van der Waals surface area (Å²) in [5, 5.41) is 1.12. The second-order valence-electron chi connectivity index (χ2n) is 7.36. The van der Waals surface area contributed by atoms with Gasteiger partial charge in [-0.1, -0.05) is 35.1 Å². The van der Waals surface area contributed by atoms with Gasteiger partial charge in [0.05, 0.1) is 37.2 Å². The summed E-state index contributed by atoms with van der Waals surface area (Å²) in [6, 6.07) is 10.8. The lowest BCUT2D eigenvalue weighted by atomic mass is 10.3. The molecule has 1 fully saturated rings. The normalized spacial score (nSPS) is 13.9. The van der Waals surface area contributed by atoms with Crippen molar-refractivity contribution in [3.05, 3.63) is 41.4 Å². The summed E-state index contributed by atoms with van der Waals surface area (Å²) in [6.45, 7) is 4.07. The lowest BCUT2D eigenvalue weighted by molar-refractivity contribution is -0.120. The molecular formula is C23H27Cl2N3O5S. The second-order valence-corrected chi connectivity index (χ2v) is 8.75. The monoisotopic (exact) mass is 527 g/mol. The number of para-hydroxylation sites is 2. The van der Waals surface area contributed by atoms with Crippen molar-refractivity contribution >= 4 is 56.6 Å². The van der Waals surface area contributed by atoms with Gasteiger partial charge >= 0.3 is 0 Å². The van der Waals surface area contributed by atoms with Crippen LogP contribution < -0.4 is 19.1 Å². The highest BCUT2D eigenvalue weighted by Gasteiger charge is 2.24. The van der Waals surface area contributed by atoms with Gasteiger partial charge in [-0.25, -0.2) is 4.98 Å². The van der Waals surface area contributed by atoms with Crippen molar-refractivity contribution in [2.75, 3.05) is 65.1 Å². The number of fused-ring (bicyclic) bond motifs is 1. The summed E-state index contributed by atoms with van der Waals surface area (Å²) < 4.78 is 22.8. The lowest BCUT2D eigenvalue weighted by Gasteiger charge is -2.29. The molecule has 34 heavy (non-hydrogen) atoms. The van der Waals surface area contributed by atoms with Gasteiger partial charge in [-0.15, -0.1) is 12.4 Å². The molecule has 0 spiro atoms. The summed E-state index contributed by atoms with van der Waals surface area (Å²) >= 11 is 7.77. The minimum absolute atomic E-state index is 0. The Balaban J connectivity index is 0.00000324. The number of ether oxygens (including phenoxy) is 4. The summed E-state index contributed by atoms with van der Waals surface area (Å²) in [6.07, 6.45) is 0. The van der Waals surface area contributed by atoms with Gasteiger partial charge < -0.3 is 18.9 Å². The molecule has 1 aliphatic heterocycles. The number of halogens is 2. The Morgan fingerprint density at radius 1 is 1.12 bits per heavy atom. The zero-order valence-electron chi connectivity index (χ0n) is 19.0. The van der Waals surface area contributed by atoms with Crippen molar-refractivity contribution in [1.29, 1.82) is 0 Å². The van der Waals surface area contributed by atoms with Crippen LogP contribution in [0.5, 0.6) is 17.2 Å². The quantitative estimate of drug-likeness (QED) is 0.414. The molecule has 184 valence electrons. The van der Waals surface area contributed by atoms with E-state index in [0.29, 0.717) is 59.2 Å². The SMILES string of the molecule is COc1ccccc1OCC(=O)N(CCN1CCOCC1)c1nc2c(OC)ccc(Cl)c2s1.Cl. The number of carbonyl (C=O) groups is 1. The van der Waals surface area contributed by atoms with Gasteiger partial charge in [-0.2, -0.15) is 0 Å². The van der Waals surface area contributed by atoms with Crippen LogP contribution in [0.1, 0.15) is 0 Å². The molecule has 0 bridgehead atoms. The lowest BCUT2D eigenvalue weighted by Crippen LogP contribution is -2.44. The maximum atomic E-state index is 13.3. The average molecular weight is 528 g/mol. The van der Waals surface area contributed by atoms with E-state index in [4.69, 9.17) is 35.5 Å². The highest BCUT2D eigenvalue weighted by molar-refractivity contribution is 7.23. The van der Waals surface area contributed by atoms with Crippen LogP contribution >= 0.6 is 35.3 Å². The zero-order chi connectivity index (χ0) is 23.2. The minimum atomic E-state index is -0.205. The van der Waals surface area contributed by atoms with E-state index in [9.17, 15) is 4.79 Å². The van der Waals surface area contributed by atoms with Crippen molar-refractivity contribution in [2.45, 2.75) is 0 Å². The molecule has 4 rings (SSSR count). The number of hydrogen-bond donors (Lipinski definition) is 0. The largest absolute Gasteiger partial charge is 0.494 e. The predicted octanol–water partition coefficient (Wildman–Crippen LogP) is 4.13. The third-order valence-corrected chi connectivity index (χ3v) is 6.90. The standard InChI is InChI=1S/C23H26ClN3O5S.ClH/c1-29-17-5-3-4-6-18(17)32-15-20(28)27(10-9-26-11-13-31-14-12-26)23-25-21-19(30-2)8-7-16(24)22(21)33-23;/h3-8H,9-15H2,1-2H3;1H. The van der Waals surface area contributed by atoms with Crippen LogP contribution in [-0.4, -0.2) is 76.0 Å². The van der Waals surface area contributed by atoms with Gasteiger partial charge in [-0.3, -0.25) is 14.6 Å². The van der Waals surface area contributed by atoms with E-state index in [1.54, 1.807) is 43.4 Å². The van der Waals surface area contributed by atoms with Crippen LogP contribution in [0.15, 0.2) is 36.4 Å². The molecule has 1 amide bonds. The van der Waals surface area contributed by atoms with Crippen molar-refractivity contribution in [1.82, 2.24) is 9.88 Å². The van der Waals surface area contributed by atoms with Gasteiger partial charge in [0.2, 0.25) is 0 Å². The Kier molecular flexibility index (Phi) is 9.61. The number of anilines is 1. The highest BCUT2D eigenvalue weighted by atomic mass is 35.5. The molecule has 1 aliphatic rings. The van der Waals surface area contributed by atoms with Gasteiger partial charge in [-0.05, 0) is 24.3 Å². The van der Waals surface area contributed by atoms with Crippen LogP contribution in [-0.2, 0) is 9.53 Å². The summed E-state index contributed by atoms with van der Waals surface area (Å²) in [7, 11) is 3.15. The second kappa shape index (κ2) is 12.4. The topological polar surface area (TPSA) is 73.4 Å². The molecule has 1 aromatic heterocycles. The molecule has 0 radical (unpaired) electrons. The van der Waals surface area contributed by atoms with E-state index in [1.165, 1.54) is 11.3 Å². The molecule has 0 N–H and O–H groups in total. The predicted molar refractivity (Wildman–Crippen MR) is 137 cm³/mol. The Morgan fingerprint density at radius 2 is 1.82 bits per heavy atom. The number of carbonyl (C=O) groups excluding carboxylic acids is 1. The van der Waals surface area contributed by atoms with Crippen molar-refractivity contribution < 1.29 is 23.7 Å². The fraction of sp³-hybridized carbons (Fsp3) is 0.391. The fourth-order valence-corrected chi connectivity index (χ4v) is 4.87. The maximum absolute atomic E-state index is 13.3. The number of rotatable bonds is 9. The summed E-state index contributed by atoms with van der Waals surface area (Å²) in [5.41, 5.74) is 0.639. The van der Waals surface area contributed by atoms with Crippen LogP contribution in [0.3, 0.4) is 0 Å². The van der Waals surface area contributed by atoms with E-state index in [0.717, 1.165) is 17.8 Å². The molecule has 3 aromatic rings. The molecule has 0 aliphatic carbocycles. The van der Waals surface area contributed by atoms with E-state index in [1.807, 2.05) is 12.1 Å². The molecule has 11 heteroatoms. The first-order valence-corrected chi connectivity index (χ1v) is 11.8. The van der Waals surface area contributed by atoms with Gasteiger partial charge in [0.25, 0.3) is 5.91 Å². The number of benzene rings is 2. The van der Waals surface area contributed by atoms with Gasteiger partial charge in [0, 0.05) is 26.2 Å². The van der Waals surface area contributed by atoms with E-state index in [2.05, 4.69) is 4.90 Å². The van der Waals surface area contributed by atoms with Crippen molar-refractivity contribution in [2.24, 2.45) is 0 Å². The third kappa shape index (κ3) is 6.03.